The molecule has 0 saturated heterocycles. The van der Waals surface area contributed by atoms with Crippen molar-refractivity contribution in [1.82, 2.24) is 5.32 Å². The lowest BCUT2D eigenvalue weighted by molar-refractivity contribution is -0.151. The molecule has 3 atom stereocenters. The number of esters is 2. The van der Waals surface area contributed by atoms with E-state index in [1.54, 1.807) is 26.2 Å². The van der Waals surface area contributed by atoms with Gasteiger partial charge in [-0.1, -0.05) is 26.0 Å². The molecule has 166 valence electrons. The molecule has 0 unspecified atom stereocenters. The van der Waals surface area contributed by atoms with Crippen molar-refractivity contribution in [2.75, 3.05) is 20.8 Å². The van der Waals surface area contributed by atoms with E-state index in [2.05, 4.69) is 5.32 Å². The molecule has 7 nitrogen and oxygen atoms in total. The fourth-order valence-electron chi connectivity index (χ4n) is 4.38. The van der Waals surface area contributed by atoms with E-state index in [-0.39, 0.29) is 18.3 Å². The van der Waals surface area contributed by atoms with Crippen LogP contribution in [0.25, 0.3) is 0 Å². The van der Waals surface area contributed by atoms with Crippen molar-refractivity contribution < 1.29 is 28.6 Å². The smallest absolute Gasteiger partial charge is 0.336 e. The van der Waals surface area contributed by atoms with Gasteiger partial charge in [-0.25, -0.2) is 4.79 Å². The summed E-state index contributed by atoms with van der Waals surface area (Å²) >= 11 is 0. The first kappa shape index (κ1) is 22.6. The van der Waals surface area contributed by atoms with Crippen molar-refractivity contribution in [2.24, 2.45) is 11.8 Å². The zero-order valence-electron chi connectivity index (χ0n) is 18.6. The van der Waals surface area contributed by atoms with Crippen LogP contribution < -0.4 is 10.1 Å². The summed E-state index contributed by atoms with van der Waals surface area (Å²) in [5.74, 6) is -2.55. The molecule has 7 heteroatoms. The van der Waals surface area contributed by atoms with Crippen LogP contribution in [-0.2, 0) is 23.9 Å². The number of nitrogens with one attached hydrogen (secondary N) is 1. The molecule has 2 aliphatic rings. The number of ether oxygens (including phenoxy) is 3. The topological polar surface area (TPSA) is 90.9 Å². The van der Waals surface area contributed by atoms with E-state index in [1.165, 1.54) is 7.11 Å². The zero-order valence-corrected chi connectivity index (χ0v) is 18.6. The third kappa shape index (κ3) is 4.22. The van der Waals surface area contributed by atoms with Gasteiger partial charge in [0.15, 0.2) is 5.78 Å². The number of ketones is 1. The molecule has 1 aliphatic carbocycles. The molecule has 1 aromatic carbocycles. The van der Waals surface area contributed by atoms with Gasteiger partial charge in [0.2, 0.25) is 0 Å². The van der Waals surface area contributed by atoms with Gasteiger partial charge in [-0.2, -0.15) is 0 Å². The summed E-state index contributed by atoms with van der Waals surface area (Å²) in [5.41, 5.74) is 2.88. The molecule has 1 aliphatic heterocycles. The van der Waals surface area contributed by atoms with Crippen LogP contribution in [0.15, 0.2) is 46.8 Å². The predicted molar refractivity (Wildman–Crippen MR) is 114 cm³/mol. The molecule has 0 fully saturated rings. The van der Waals surface area contributed by atoms with Gasteiger partial charge in [-0.3, -0.25) is 9.59 Å². The predicted octanol–water partition coefficient (Wildman–Crippen LogP) is 3.26. The van der Waals surface area contributed by atoms with Gasteiger partial charge in [0.1, 0.15) is 11.7 Å². The van der Waals surface area contributed by atoms with Crippen molar-refractivity contribution >= 4 is 17.7 Å². The lowest BCUT2D eigenvalue weighted by Gasteiger charge is -2.38. The SMILES string of the molecule is CCCOC(=O)C1=C(C)NC2=C(C(=O)[C@@H](C(=O)OC)[C@H](C)C2)[C@H]1c1cccc(OC)c1. The highest BCUT2D eigenvalue weighted by Gasteiger charge is 2.47. The summed E-state index contributed by atoms with van der Waals surface area (Å²) < 4.78 is 15.7. The number of Topliss-reactive ketones (excluding diaryl/α,β-unsaturated/α-hetero) is 1. The van der Waals surface area contributed by atoms with Crippen molar-refractivity contribution in [2.45, 2.75) is 39.5 Å². The molecule has 0 aromatic heterocycles. The lowest BCUT2D eigenvalue weighted by atomic mass is 9.69. The number of methoxy groups -OCH3 is 2. The summed E-state index contributed by atoms with van der Waals surface area (Å²) in [4.78, 5) is 39.1. The largest absolute Gasteiger partial charge is 0.497 e. The summed E-state index contributed by atoms with van der Waals surface area (Å²) in [5, 5.41) is 3.25. The Morgan fingerprint density at radius 1 is 1.23 bits per heavy atom. The van der Waals surface area contributed by atoms with Crippen LogP contribution in [0.1, 0.15) is 45.1 Å². The van der Waals surface area contributed by atoms with Crippen molar-refractivity contribution in [3.8, 4) is 5.75 Å². The molecule has 0 bridgehead atoms. The Morgan fingerprint density at radius 3 is 2.61 bits per heavy atom. The van der Waals surface area contributed by atoms with Gasteiger partial charge in [0, 0.05) is 22.9 Å². The third-order valence-corrected chi connectivity index (χ3v) is 5.83. The van der Waals surface area contributed by atoms with Crippen LogP contribution in [0.3, 0.4) is 0 Å². The Balaban J connectivity index is 2.17. The number of hydrogen-bond acceptors (Lipinski definition) is 7. The van der Waals surface area contributed by atoms with Crippen LogP contribution in [0.4, 0.5) is 0 Å². The fourth-order valence-corrected chi connectivity index (χ4v) is 4.38. The second kappa shape index (κ2) is 9.37. The molecule has 1 heterocycles. The quantitative estimate of drug-likeness (QED) is 0.550. The van der Waals surface area contributed by atoms with Gasteiger partial charge < -0.3 is 19.5 Å². The Labute approximate surface area is 182 Å². The Hall–Kier alpha value is -3.09. The van der Waals surface area contributed by atoms with E-state index in [0.717, 1.165) is 11.3 Å². The number of hydrogen-bond donors (Lipinski definition) is 1. The fraction of sp³-hybridized carbons (Fsp3) is 0.458. The van der Waals surface area contributed by atoms with Crippen molar-refractivity contribution in [1.29, 1.82) is 0 Å². The lowest BCUT2D eigenvalue weighted by Crippen LogP contribution is -2.43. The molecule has 0 amide bonds. The average Bonchev–Trinajstić information content (AvgIpc) is 2.76. The first-order valence-corrected chi connectivity index (χ1v) is 10.5. The number of rotatable bonds is 6. The van der Waals surface area contributed by atoms with E-state index in [0.29, 0.717) is 35.4 Å². The number of benzene rings is 1. The maximum Gasteiger partial charge on any atom is 0.336 e. The molecule has 1 aromatic rings. The van der Waals surface area contributed by atoms with E-state index >= 15 is 0 Å². The minimum atomic E-state index is -0.912. The van der Waals surface area contributed by atoms with Gasteiger partial charge in [0.05, 0.1) is 26.4 Å². The van der Waals surface area contributed by atoms with Crippen LogP contribution in [0.2, 0.25) is 0 Å². The minimum Gasteiger partial charge on any atom is -0.497 e. The molecule has 1 N–H and O–H groups in total. The van der Waals surface area contributed by atoms with Gasteiger partial charge >= 0.3 is 11.9 Å². The maximum atomic E-state index is 13.6. The van der Waals surface area contributed by atoms with E-state index in [1.807, 2.05) is 26.0 Å². The number of carbonyl (C=O) groups excluding carboxylic acids is 3. The summed E-state index contributed by atoms with van der Waals surface area (Å²) in [6.07, 6.45) is 1.18. The molecule has 0 radical (unpaired) electrons. The number of carbonyl (C=O) groups is 3. The van der Waals surface area contributed by atoms with Crippen LogP contribution in [0, 0.1) is 11.8 Å². The van der Waals surface area contributed by atoms with Gasteiger partial charge in [0.25, 0.3) is 0 Å². The highest BCUT2D eigenvalue weighted by molar-refractivity contribution is 6.12. The van der Waals surface area contributed by atoms with E-state index in [9.17, 15) is 14.4 Å². The number of allylic oxidation sites excluding steroid dienone is 3. The van der Waals surface area contributed by atoms with Gasteiger partial charge in [-0.15, -0.1) is 0 Å². The number of dihydropyridines is 1. The Bertz CT molecular complexity index is 961. The average molecular weight is 427 g/mol. The minimum absolute atomic E-state index is 0.224. The zero-order chi connectivity index (χ0) is 22.7. The Kier molecular flexibility index (Phi) is 6.83. The normalized spacial score (nSPS) is 23.1. The Morgan fingerprint density at radius 2 is 1.97 bits per heavy atom. The molecular weight excluding hydrogens is 398 g/mol. The van der Waals surface area contributed by atoms with Crippen LogP contribution in [0.5, 0.6) is 5.75 Å². The monoisotopic (exact) mass is 427 g/mol. The van der Waals surface area contributed by atoms with Crippen molar-refractivity contribution in [3.63, 3.8) is 0 Å². The molecule has 3 rings (SSSR count). The van der Waals surface area contributed by atoms with Crippen LogP contribution >= 0.6 is 0 Å². The van der Waals surface area contributed by atoms with E-state index < -0.39 is 23.8 Å². The summed E-state index contributed by atoms with van der Waals surface area (Å²) in [6, 6.07) is 7.27. The standard InChI is InChI=1S/C24H29NO6/c1-6-10-31-24(28)19-14(3)25-17-11-13(2)18(23(27)30-5)22(26)21(17)20(19)15-8-7-9-16(12-15)29-4/h7-9,12-13,18,20,25H,6,10-11H2,1-5H3/t13-,18+,20+/m1/s1. The third-order valence-electron chi connectivity index (χ3n) is 5.83. The van der Waals surface area contributed by atoms with Crippen LogP contribution in [-0.4, -0.2) is 38.5 Å². The van der Waals surface area contributed by atoms with Crippen molar-refractivity contribution in [3.05, 3.63) is 52.4 Å². The molecule has 31 heavy (non-hydrogen) atoms. The first-order chi connectivity index (χ1) is 14.8. The maximum absolute atomic E-state index is 13.6. The molecule has 0 saturated carbocycles. The second-order valence-corrected chi connectivity index (χ2v) is 7.95. The van der Waals surface area contributed by atoms with Gasteiger partial charge in [-0.05, 0) is 43.4 Å². The van der Waals surface area contributed by atoms with E-state index in [4.69, 9.17) is 14.2 Å². The summed E-state index contributed by atoms with van der Waals surface area (Å²) in [7, 11) is 2.84. The summed E-state index contributed by atoms with van der Waals surface area (Å²) in [6.45, 7) is 5.86. The first-order valence-electron chi connectivity index (χ1n) is 10.5. The highest BCUT2D eigenvalue weighted by Crippen LogP contribution is 2.45. The molecule has 0 spiro atoms. The highest BCUT2D eigenvalue weighted by atomic mass is 16.5. The molecular formula is C24H29NO6. The second-order valence-electron chi connectivity index (χ2n) is 7.95.